The Kier molecular flexibility index (Phi) is 5.46. The third-order valence-corrected chi connectivity index (χ3v) is 7.08. The molecule has 0 fully saturated rings. The lowest BCUT2D eigenvalue weighted by Gasteiger charge is -2.38. The molecule has 0 bridgehead atoms. The number of hydrogen-bond donors (Lipinski definition) is 0. The highest BCUT2D eigenvalue weighted by Crippen LogP contribution is 2.61. The van der Waals surface area contributed by atoms with Gasteiger partial charge in [-0.1, -0.05) is 84.5 Å². The van der Waals surface area contributed by atoms with Gasteiger partial charge in [0.2, 0.25) is 0 Å². The van der Waals surface area contributed by atoms with Crippen molar-refractivity contribution in [3.8, 4) is 0 Å². The van der Waals surface area contributed by atoms with Crippen molar-refractivity contribution >= 4 is 22.6 Å². The van der Waals surface area contributed by atoms with E-state index in [2.05, 4.69) is 116 Å². The Labute approximate surface area is 183 Å². The summed E-state index contributed by atoms with van der Waals surface area (Å²) in [5.41, 5.74) is 8.52. The van der Waals surface area contributed by atoms with Gasteiger partial charge in [0.15, 0.2) is 0 Å². The van der Waals surface area contributed by atoms with Gasteiger partial charge in [-0.25, -0.2) is 0 Å². The van der Waals surface area contributed by atoms with Crippen LogP contribution in [-0.2, 0) is 5.41 Å². The van der Waals surface area contributed by atoms with Crippen molar-refractivity contribution in [3.63, 3.8) is 0 Å². The predicted octanol–water partition coefficient (Wildman–Crippen LogP) is 7.93. The maximum absolute atomic E-state index is 4.25. The molecule has 0 spiro atoms. The van der Waals surface area contributed by atoms with Crippen LogP contribution < -0.4 is 0 Å². The van der Waals surface area contributed by atoms with Crippen LogP contribution in [0.2, 0.25) is 0 Å². The minimum Gasteiger partial charge on any atom is -0.0987 e. The quantitative estimate of drug-likeness (QED) is 0.305. The summed E-state index contributed by atoms with van der Waals surface area (Å²) >= 11 is 2.48. The van der Waals surface area contributed by atoms with Gasteiger partial charge in [0, 0.05) is 9.50 Å². The first-order valence-electron chi connectivity index (χ1n) is 10.1. The third kappa shape index (κ3) is 2.95. The molecule has 4 rings (SSSR count). The molecule has 3 aliphatic rings. The van der Waals surface area contributed by atoms with E-state index in [-0.39, 0.29) is 5.41 Å². The number of rotatable bonds is 4. The van der Waals surface area contributed by atoms with Crippen LogP contribution in [0.1, 0.15) is 38.7 Å². The molecule has 0 saturated carbocycles. The van der Waals surface area contributed by atoms with Gasteiger partial charge < -0.3 is 0 Å². The van der Waals surface area contributed by atoms with Crippen molar-refractivity contribution in [1.29, 1.82) is 0 Å². The van der Waals surface area contributed by atoms with E-state index in [9.17, 15) is 0 Å². The molecule has 0 aromatic heterocycles. The molecule has 1 aromatic carbocycles. The summed E-state index contributed by atoms with van der Waals surface area (Å²) in [4.78, 5) is 0. The van der Waals surface area contributed by atoms with Crippen LogP contribution in [0.3, 0.4) is 0 Å². The SMILES string of the molecule is C=C/C(=C\C=C/C)C1(c2ccccc2)C2=CC(I)=CCC2C2=C1C=C(C)CC2. The largest absolute Gasteiger partial charge is 0.0987 e. The van der Waals surface area contributed by atoms with E-state index >= 15 is 0 Å². The topological polar surface area (TPSA) is 0 Å². The molecule has 2 atom stereocenters. The molecule has 0 aliphatic heterocycles. The van der Waals surface area contributed by atoms with Gasteiger partial charge in [-0.15, -0.1) is 0 Å². The van der Waals surface area contributed by atoms with Gasteiger partial charge in [-0.05, 0) is 84.1 Å². The van der Waals surface area contributed by atoms with Gasteiger partial charge in [0.05, 0.1) is 5.41 Å². The summed E-state index contributed by atoms with van der Waals surface area (Å²) in [5.74, 6) is 0.507. The lowest BCUT2D eigenvalue weighted by molar-refractivity contribution is 0.639. The highest BCUT2D eigenvalue weighted by Gasteiger charge is 2.52. The van der Waals surface area contributed by atoms with E-state index in [1.807, 2.05) is 0 Å². The highest BCUT2D eigenvalue weighted by atomic mass is 127. The van der Waals surface area contributed by atoms with E-state index in [1.165, 1.54) is 44.3 Å². The van der Waals surface area contributed by atoms with Gasteiger partial charge in [-0.3, -0.25) is 0 Å². The Morgan fingerprint density at radius 3 is 2.68 bits per heavy atom. The molecule has 0 N–H and O–H groups in total. The summed E-state index contributed by atoms with van der Waals surface area (Å²) in [6.45, 7) is 8.61. The minimum absolute atomic E-state index is 0.241. The number of benzene rings is 1. The predicted molar refractivity (Wildman–Crippen MR) is 130 cm³/mol. The van der Waals surface area contributed by atoms with Crippen LogP contribution in [0.15, 0.2) is 111 Å². The van der Waals surface area contributed by atoms with Gasteiger partial charge in [0.1, 0.15) is 0 Å². The summed E-state index contributed by atoms with van der Waals surface area (Å²) in [5, 5.41) is 0. The van der Waals surface area contributed by atoms with E-state index < -0.39 is 0 Å². The number of fused-ring (bicyclic) bond motifs is 2. The number of halogens is 1. The molecule has 0 radical (unpaired) electrons. The average molecular weight is 478 g/mol. The monoisotopic (exact) mass is 478 g/mol. The van der Waals surface area contributed by atoms with Gasteiger partial charge >= 0.3 is 0 Å². The Hall–Kier alpha value is -1.87. The number of hydrogen-bond acceptors (Lipinski definition) is 0. The summed E-state index contributed by atoms with van der Waals surface area (Å²) < 4.78 is 1.35. The Balaban J connectivity index is 2.11. The maximum Gasteiger partial charge on any atom is 0.0670 e. The van der Waals surface area contributed by atoms with Crippen LogP contribution in [0.5, 0.6) is 0 Å². The van der Waals surface area contributed by atoms with Crippen LogP contribution in [0.25, 0.3) is 0 Å². The highest BCUT2D eigenvalue weighted by molar-refractivity contribution is 14.1. The van der Waals surface area contributed by atoms with E-state index in [1.54, 1.807) is 5.57 Å². The molecule has 0 heterocycles. The second kappa shape index (κ2) is 7.87. The zero-order valence-electron chi connectivity index (χ0n) is 16.7. The zero-order chi connectivity index (χ0) is 19.7. The first kappa shape index (κ1) is 19.4. The summed E-state index contributed by atoms with van der Waals surface area (Å²) in [6, 6.07) is 11.0. The van der Waals surface area contributed by atoms with Gasteiger partial charge in [0.25, 0.3) is 0 Å². The normalized spacial score (nSPS) is 27.2. The molecule has 1 heteroatoms. The second-order valence-electron chi connectivity index (χ2n) is 7.87. The number of allylic oxidation sites excluding steroid dienone is 13. The van der Waals surface area contributed by atoms with Crippen LogP contribution >= 0.6 is 22.6 Å². The van der Waals surface area contributed by atoms with Crippen molar-refractivity contribution in [1.82, 2.24) is 0 Å². The molecule has 0 nitrogen and oxygen atoms in total. The fourth-order valence-corrected chi connectivity index (χ4v) is 5.74. The van der Waals surface area contributed by atoms with Crippen molar-refractivity contribution in [3.05, 3.63) is 116 Å². The molecular formula is C27H27I. The first-order chi connectivity index (χ1) is 13.6. The molecule has 1 aromatic rings. The van der Waals surface area contributed by atoms with Crippen molar-refractivity contribution in [2.24, 2.45) is 5.92 Å². The summed E-state index contributed by atoms with van der Waals surface area (Å²) in [6.07, 6.45) is 19.4. The van der Waals surface area contributed by atoms with Crippen LogP contribution in [0, 0.1) is 5.92 Å². The molecule has 142 valence electrons. The fourth-order valence-electron chi connectivity index (χ4n) is 5.15. The van der Waals surface area contributed by atoms with Crippen molar-refractivity contribution < 1.29 is 0 Å². The third-order valence-electron chi connectivity index (χ3n) is 6.33. The molecule has 3 aliphatic carbocycles. The average Bonchev–Trinajstić information content (AvgIpc) is 2.99. The maximum atomic E-state index is 4.25. The molecule has 2 unspecified atom stereocenters. The first-order valence-corrected chi connectivity index (χ1v) is 11.2. The second-order valence-corrected chi connectivity index (χ2v) is 9.12. The lowest BCUT2D eigenvalue weighted by Crippen LogP contribution is -2.31. The van der Waals surface area contributed by atoms with E-state index in [0.29, 0.717) is 5.92 Å². The lowest BCUT2D eigenvalue weighted by atomic mass is 9.64. The molecule has 28 heavy (non-hydrogen) atoms. The Morgan fingerprint density at radius 1 is 1.18 bits per heavy atom. The van der Waals surface area contributed by atoms with Crippen LogP contribution in [0.4, 0.5) is 0 Å². The standard InChI is InChI=1S/C27H27I/c1-4-6-10-20(5-2)27(21-11-8-7-9-12-21)25-17-19(3)13-15-23(25)24-16-14-22(28)18-26(24)27/h4-12,14,17-18,24H,2,13,15-16H2,1,3H3/b6-4-,20-10+. The Morgan fingerprint density at radius 2 is 1.96 bits per heavy atom. The molecule has 0 saturated heterocycles. The van der Waals surface area contributed by atoms with Gasteiger partial charge in [-0.2, -0.15) is 0 Å². The van der Waals surface area contributed by atoms with Crippen LogP contribution in [-0.4, -0.2) is 0 Å². The smallest absolute Gasteiger partial charge is 0.0670 e. The van der Waals surface area contributed by atoms with E-state index in [0.717, 1.165) is 6.42 Å². The van der Waals surface area contributed by atoms with Crippen molar-refractivity contribution in [2.75, 3.05) is 0 Å². The molecular weight excluding hydrogens is 451 g/mol. The fraction of sp³-hybridized carbons (Fsp3) is 0.259. The van der Waals surface area contributed by atoms with E-state index in [4.69, 9.17) is 0 Å². The minimum atomic E-state index is -0.241. The molecule has 0 amide bonds. The zero-order valence-corrected chi connectivity index (χ0v) is 18.9. The Bertz CT molecular complexity index is 978. The van der Waals surface area contributed by atoms with Crippen molar-refractivity contribution in [2.45, 2.75) is 38.5 Å². The summed E-state index contributed by atoms with van der Waals surface area (Å²) in [7, 11) is 0.